The van der Waals surface area contributed by atoms with Crippen molar-refractivity contribution in [2.75, 3.05) is 33.4 Å². The largest absolute Gasteiger partial charge is 0.493 e. The minimum atomic E-state index is -0.160. The normalized spacial score (nSPS) is 15.3. The van der Waals surface area contributed by atoms with E-state index in [2.05, 4.69) is 9.27 Å². The summed E-state index contributed by atoms with van der Waals surface area (Å²) in [6.07, 6.45) is 2.89. The molecular weight excluding hydrogens is 415 g/mol. The van der Waals surface area contributed by atoms with Gasteiger partial charge in [0.2, 0.25) is 0 Å². The lowest BCUT2D eigenvalue weighted by Crippen LogP contribution is -2.34. The van der Waals surface area contributed by atoms with Crippen LogP contribution in [-0.2, 0) is 0 Å². The number of likely N-dealkylation sites (tertiary alicyclic amines) is 1. The van der Waals surface area contributed by atoms with Gasteiger partial charge in [-0.3, -0.25) is 4.79 Å². The van der Waals surface area contributed by atoms with Gasteiger partial charge >= 0.3 is 0 Å². The van der Waals surface area contributed by atoms with Gasteiger partial charge in [0, 0.05) is 18.0 Å². The first-order chi connectivity index (χ1) is 15.1. The molecule has 0 amide bonds. The van der Waals surface area contributed by atoms with Crippen molar-refractivity contribution >= 4 is 27.4 Å². The summed E-state index contributed by atoms with van der Waals surface area (Å²) in [5, 5.41) is 0.712. The molecule has 1 aromatic heterocycles. The van der Waals surface area contributed by atoms with Crippen LogP contribution in [0, 0.1) is 5.82 Å². The Morgan fingerprint density at radius 2 is 2.03 bits per heavy atom. The van der Waals surface area contributed by atoms with Gasteiger partial charge in [-0.05, 0) is 81.1 Å². The Bertz CT molecular complexity index is 1060. The predicted molar refractivity (Wildman–Crippen MR) is 121 cm³/mol. The number of carbonyl (C=O) groups is 1. The van der Waals surface area contributed by atoms with Crippen LogP contribution in [0.3, 0.4) is 0 Å². The highest BCUT2D eigenvalue weighted by molar-refractivity contribution is 7.13. The van der Waals surface area contributed by atoms with Crippen LogP contribution in [0.1, 0.15) is 48.2 Å². The summed E-state index contributed by atoms with van der Waals surface area (Å²) in [5.41, 5.74) is 1.54. The first-order valence-corrected chi connectivity index (χ1v) is 11.4. The highest BCUT2D eigenvalue weighted by atomic mass is 32.1. The van der Waals surface area contributed by atoms with E-state index in [1.165, 1.54) is 24.5 Å². The van der Waals surface area contributed by atoms with Gasteiger partial charge in [-0.1, -0.05) is 6.07 Å². The number of fused-ring (bicyclic) bond motifs is 1. The monoisotopic (exact) mass is 442 g/mol. The number of nitrogens with zero attached hydrogens (tertiary/aromatic N) is 2. The van der Waals surface area contributed by atoms with Crippen molar-refractivity contribution < 1.29 is 18.7 Å². The molecule has 0 radical (unpaired) electrons. The first kappa shape index (κ1) is 21.7. The van der Waals surface area contributed by atoms with Crippen LogP contribution in [0.25, 0.3) is 10.1 Å². The van der Waals surface area contributed by atoms with Gasteiger partial charge in [0.05, 0.1) is 29.5 Å². The molecule has 0 saturated carbocycles. The number of halogens is 1. The standard InChI is InChI=1S/C24H27FN2O3S/c1-16(28)18-7-8-20(21(15-18)29-2)30-14-4-11-27-12-9-17(10-13-27)24-23-19(25)5-3-6-22(23)31-26-24/h3,5-8,15,17H,4,9-14H2,1-2H3. The zero-order valence-corrected chi connectivity index (χ0v) is 18.7. The minimum Gasteiger partial charge on any atom is -0.493 e. The molecule has 7 heteroatoms. The number of ether oxygens (including phenoxy) is 2. The fraction of sp³-hybridized carbons (Fsp3) is 0.417. The summed E-state index contributed by atoms with van der Waals surface area (Å²) < 4.78 is 31.0. The molecule has 1 aliphatic rings. The summed E-state index contributed by atoms with van der Waals surface area (Å²) in [5.74, 6) is 1.40. The smallest absolute Gasteiger partial charge is 0.161 e. The number of ketones is 1. The number of benzene rings is 2. The second-order valence-electron chi connectivity index (χ2n) is 7.92. The maximum absolute atomic E-state index is 14.3. The second-order valence-corrected chi connectivity index (χ2v) is 8.73. The van der Waals surface area contributed by atoms with Crippen molar-refractivity contribution in [2.45, 2.75) is 32.1 Å². The number of Topliss-reactive ketones (excluding diaryl/α,β-unsaturated/α-hetero) is 1. The van der Waals surface area contributed by atoms with Crippen molar-refractivity contribution in [3.05, 3.63) is 53.5 Å². The molecule has 164 valence electrons. The lowest BCUT2D eigenvalue weighted by atomic mass is 9.91. The lowest BCUT2D eigenvalue weighted by molar-refractivity contribution is 0.101. The summed E-state index contributed by atoms with van der Waals surface area (Å²) in [6, 6.07) is 10.5. The molecule has 1 saturated heterocycles. The van der Waals surface area contributed by atoms with Crippen LogP contribution in [-0.4, -0.2) is 48.4 Å². The SMILES string of the molecule is COc1cc(C(C)=O)ccc1OCCCN1CCC(c2nsc3cccc(F)c23)CC1. The Morgan fingerprint density at radius 1 is 1.23 bits per heavy atom. The average molecular weight is 443 g/mol. The van der Waals surface area contributed by atoms with Crippen LogP contribution in [0.15, 0.2) is 36.4 Å². The Kier molecular flexibility index (Phi) is 6.83. The number of hydrogen-bond acceptors (Lipinski definition) is 6. The van der Waals surface area contributed by atoms with Crippen LogP contribution in [0.5, 0.6) is 11.5 Å². The number of carbonyl (C=O) groups excluding carboxylic acids is 1. The van der Waals surface area contributed by atoms with Crippen LogP contribution < -0.4 is 9.47 Å². The third-order valence-corrected chi connectivity index (χ3v) is 6.72. The van der Waals surface area contributed by atoms with Crippen molar-refractivity contribution in [1.82, 2.24) is 9.27 Å². The molecule has 0 bridgehead atoms. The average Bonchev–Trinajstić information content (AvgIpc) is 3.22. The van der Waals surface area contributed by atoms with E-state index in [0.29, 0.717) is 35.0 Å². The molecule has 0 atom stereocenters. The van der Waals surface area contributed by atoms with Crippen LogP contribution in [0.4, 0.5) is 4.39 Å². The molecule has 0 unspecified atom stereocenters. The third-order valence-electron chi connectivity index (χ3n) is 5.89. The Labute approximate surface area is 185 Å². The van der Waals surface area contributed by atoms with Gasteiger partial charge < -0.3 is 14.4 Å². The van der Waals surface area contributed by atoms with Gasteiger partial charge in [-0.2, -0.15) is 4.37 Å². The maximum atomic E-state index is 14.3. The van der Waals surface area contributed by atoms with E-state index in [0.717, 1.165) is 49.3 Å². The first-order valence-electron chi connectivity index (χ1n) is 10.6. The number of hydrogen-bond donors (Lipinski definition) is 0. The van der Waals surface area contributed by atoms with Crippen molar-refractivity contribution in [2.24, 2.45) is 0 Å². The van der Waals surface area contributed by atoms with Gasteiger partial charge in [0.25, 0.3) is 0 Å². The summed E-state index contributed by atoms with van der Waals surface area (Å²) in [7, 11) is 1.58. The Hall–Kier alpha value is -2.51. The van der Waals surface area contributed by atoms with Crippen molar-refractivity contribution in [3.63, 3.8) is 0 Å². The Balaban J connectivity index is 1.25. The van der Waals surface area contributed by atoms with E-state index in [4.69, 9.17) is 9.47 Å². The maximum Gasteiger partial charge on any atom is 0.161 e. The van der Waals surface area contributed by atoms with E-state index in [9.17, 15) is 9.18 Å². The van der Waals surface area contributed by atoms with Crippen LogP contribution >= 0.6 is 11.5 Å². The van der Waals surface area contributed by atoms with E-state index >= 15 is 0 Å². The van der Waals surface area contributed by atoms with Crippen LogP contribution in [0.2, 0.25) is 0 Å². The zero-order valence-electron chi connectivity index (χ0n) is 17.9. The molecular formula is C24H27FN2O3S. The molecule has 2 aromatic carbocycles. The lowest BCUT2D eigenvalue weighted by Gasteiger charge is -2.31. The molecule has 0 spiro atoms. The van der Waals surface area contributed by atoms with Gasteiger partial charge in [0.15, 0.2) is 17.3 Å². The van der Waals surface area contributed by atoms with Gasteiger partial charge in [-0.15, -0.1) is 0 Å². The highest BCUT2D eigenvalue weighted by Gasteiger charge is 2.25. The summed E-state index contributed by atoms with van der Waals surface area (Å²) in [6.45, 7) is 5.03. The van der Waals surface area contributed by atoms with Crippen molar-refractivity contribution in [1.29, 1.82) is 0 Å². The molecule has 4 rings (SSSR count). The predicted octanol–water partition coefficient (Wildman–Crippen LogP) is 5.30. The molecule has 31 heavy (non-hydrogen) atoms. The molecule has 1 fully saturated rings. The van der Waals surface area contributed by atoms with E-state index in [1.807, 2.05) is 6.07 Å². The Morgan fingerprint density at radius 3 is 2.77 bits per heavy atom. The molecule has 0 aliphatic carbocycles. The minimum absolute atomic E-state index is 0.00152. The quantitative estimate of drug-likeness (QED) is 0.350. The van der Waals surface area contributed by atoms with E-state index < -0.39 is 0 Å². The summed E-state index contributed by atoms with van der Waals surface area (Å²) >= 11 is 1.39. The zero-order chi connectivity index (χ0) is 21.8. The number of rotatable bonds is 8. The van der Waals surface area contributed by atoms with E-state index in [-0.39, 0.29) is 11.6 Å². The number of methoxy groups -OCH3 is 1. The van der Waals surface area contributed by atoms with Gasteiger partial charge in [-0.25, -0.2) is 4.39 Å². The summed E-state index contributed by atoms with van der Waals surface area (Å²) in [4.78, 5) is 13.9. The molecule has 2 heterocycles. The molecule has 3 aromatic rings. The fourth-order valence-corrected chi connectivity index (χ4v) is 5.03. The van der Waals surface area contributed by atoms with Crippen molar-refractivity contribution in [3.8, 4) is 11.5 Å². The third kappa shape index (κ3) is 4.88. The number of piperidine rings is 1. The highest BCUT2D eigenvalue weighted by Crippen LogP contribution is 2.35. The number of aromatic nitrogens is 1. The second kappa shape index (κ2) is 9.75. The molecule has 5 nitrogen and oxygen atoms in total. The van der Waals surface area contributed by atoms with E-state index in [1.54, 1.807) is 31.4 Å². The fourth-order valence-electron chi connectivity index (χ4n) is 4.16. The molecule has 1 aliphatic heterocycles. The molecule has 0 N–H and O–H groups in total. The topological polar surface area (TPSA) is 51.7 Å². The van der Waals surface area contributed by atoms with Gasteiger partial charge in [0.1, 0.15) is 5.82 Å².